The molecule has 1 heterocycles. The maximum absolute atomic E-state index is 6.00. The van der Waals surface area contributed by atoms with Crippen LogP contribution in [0.4, 0.5) is 0 Å². The van der Waals surface area contributed by atoms with Gasteiger partial charge in [-0.3, -0.25) is 0 Å². The summed E-state index contributed by atoms with van der Waals surface area (Å²) in [6.45, 7) is 6.48. The van der Waals surface area contributed by atoms with Gasteiger partial charge in [-0.1, -0.05) is 39.0 Å². The molecule has 0 saturated carbocycles. The van der Waals surface area contributed by atoms with Crippen molar-refractivity contribution in [3.05, 3.63) is 52.1 Å². The first-order chi connectivity index (χ1) is 9.41. The lowest BCUT2D eigenvalue weighted by atomic mass is 9.86. The fourth-order valence-electron chi connectivity index (χ4n) is 1.94. The number of pyridine rings is 1. The molecular formula is C16H17BrClNO. The van der Waals surface area contributed by atoms with Crippen LogP contribution in [0, 0.1) is 0 Å². The molecule has 0 fully saturated rings. The van der Waals surface area contributed by atoms with Gasteiger partial charge in [-0.2, -0.15) is 0 Å². The summed E-state index contributed by atoms with van der Waals surface area (Å²) in [7, 11) is 0. The summed E-state index contributed by atoms with van der Waals surface area (Å²) in [4.78, 5) is 4.31. The van der Waals surface area contributed by atoms with Crippen molar-refractivity contribution in [3.63, 3.8) is 0 Å². The fourth-order valence-corrected chi connectivity index (χ4v) is 2.51. The molecular weight excluding hydrogens is 338 g/mol. The first-order valence-corrected chi connectivity index (χ1v) is 7.72. The number of benzene rings is 1. The molecule has 0 atom stereocenters. The minimum absolute atomic E-state index is 0.00703. The van der Waals surface area contributed by atoms with Crippen LogP contribution in [0.5, 0.6) is 11.6 Å². The number of hydrogen-bond acceptors (Lipinski definition) is 2. The summed E-state index contributed by atoms with van der Waals surface area (Å²) in [6.07, 6.45) is 1.71. The highest BCUT2D eigenvalue weighted by Gasteiger charge is 2.19. The second kappa shape index (κ2) is 6.15. The van der Waals surface area contributed by atoms with E-state index < -0.39 is 0 Å². The molecule has 0 unspecified atom stereocenters. The minimum Gasteiger partial charge on any atom is -0.438 e. The van der Waals surface area contributed by atoms with E-state index in [9.17, 15) is 0 Å². The van der Waals surface area contributed by atoms with E-state index in [2.05, 4.69) is 47.8 Å². The average molecular weight is 355 g/mol. The third-order valence-electron chi connectivity index (χ3n) is 2.94. The number of aromatic nitrogens is 1. The van der Waals surface area contributed by atoms with E-state index in [0.717, 1.165) is 21.3 Å². The van der Waals surface area contributed by atoms with E-state index >= 15 is 0 Å². The smallest absolute Gasteiger partial charge is 0.223 e. The summed E-state index contributed by atoms with van der Waals surface area (Å²) in [5, 5.41) is 0. The maximum atomic E-state index is 6.00. The molecule has 0 radical (unpaired) electrons. The Labute approximate surface area is 133 Å². The van der Waals surface area contributed by atoms with E-state index in [1.807, 2.05) is 24.3 Å². The highest BCUT2D eigenvalue weighted by molar-refractivity contribution is 9.10. The second-order valence-electron chi connectivity index (χ2n) is 5.60. The van der Waals surface area contributed by atoms with E-state index in [1.165, 1.54) is 0 Å². The zero-order valence-corrected chi connectivity index (χ0v) is 14.1. The molecule has 0 spiro atoms. The van der Waals surface area contributed by atoms with Gasteiger partial charge in [0.15, 0.2) is 0 Å². The van der Waals surface area contributed by atoms with Crippen molar-refractivity contribution >= 4 is 27.5 Å². The summed E-state index contributed by atoms with van der Waals surface area (Å²) in [5.74, 6) is 1.74. The minimum atomic E-state index is 0.00703. The molecule has 2 rings (SSSR count). The summed E-state index contributed by atoms with van der Waals surface area (Å²) in [6, 6.07) is 9.95. The quantitative estimate of drug-likeness (QED) is 0.662. The molecule has 0 amide bonds. The fraction of sp³-hybridized carbons (Fsp3) is 0.312. The van der Waals surface area contributed by atoms with Crippen LogP contribution in [0.2, 0.25) is 0 Å². The van der Waals surface area contributed by atoms with Crippen LogP contribution in [0.1, 0.15) is 31.9 Å². The third-order valence-corrected chi connectivity index (χ3v) is 3.66. The Morgan fingerprint density at radius 3 is 2.60 bits per heavy atom. The number of halogens is 2. The van der Waals surface area contributed by atoms with Gasteiger partial charge in [0.1, 0.15) is 5.75 Å². The van der Waals surface area contributed by atoms with Crippen LogP contribution in [0.3, 0.4) is 0 Å². The Morgan fingerprint density at radius 1 is 1.25 bits per heavy atom. The van der Waals surface area contributed by atoms with Crippen molar-refractivity contribution in [3.8, 4) is 11.6 Å². The van der Waals surface area contributed by atoms with Gasteiger partial charge in [0.2, 0.25) is 5.88 Å². The van der Waals surface area contributed by atoms with Gasteiger partial charge in [0.25, 0.3) is 0 Å². The molecule has 4 heteroatoms. The van der Waals surface area contributed by atoms with Crippen LogP contribution in [-0.4, -0.2) is 4.98 Å². The van der Waals surface area contributed by atoms with E-state index in [-0.39, 0.29) is 5.41 Å². The van der Waals surface area contributed by atoms with Gasteiger partial charge in [-0.15, -0.1) is 11.6 Å². The molecule has 0 N–H and O–H groups in total. The molecule has 1 aromatic heterocycles. The van der Waals surface area contributed by atoms with Gasteiger partial charge in [0, 0.05) is 21.8 Å². The maximum Gasteiger partial charge on any atom is 0.223 e. The molecule has 2 aromatic rings. The molecule has 0 aliphatic carbocycles. The van der Waals surface area contributed by atoms with Crippen molar-refractivity contribution in [2.45, 2.75) is 32.1 Å². The Balaban J connectivity index is 2.41. The van der Waals surface area contributed by atoms with E-state index in [1.54, 1.807) is 6.20 Å². The molecule has 2 nitrogen and oxygen atoms in total. The zero-order valence-electron chi connectivity index (χ0n) is 11.8. The highest BCUT2D eigenvalue weighted by Crippen LogP contribution is 2.35. The lowest BCUT2D eigenvalue weighted by Crippen LogP contribution is -2.12. The lowest BCUT2D eigenvalue weighted by molar-refractivity contribution is 0.436. The number of rotatable bonds is 3. The predicted molar refractivity (Wildman–Crippen MR) is 86.7 cm³/mol. The average Bonchev–Trinajstić information content (AvgIpc) is 2.40. The summed E-state index contributed by atoms with van der Waals surface area (Å²) >= 11 is 9.35. The topological polar surface area (TPSA) is 22.1 Å². The normalized spacial score (nSPS) is 11.4. The number of para-hydroxylation sites is 1. The molecule has 0 aliphatic heterocycles. The van der Waals surface area contributed by atoms with Gasteiger partial charge in [-0.05, 0) is 33.5 Å². The second-order valence-corrected chi connectivity index (χ2v) is 6.78. The van der Waals surface area contributed by atoms with Crippen molar-refractivity contribution in [2.75, 3.05) is 0 Å². The summed E-state index contributed by atoms with van der Waals surface area (Å²) in [5.41, 5.74) is 2.02. The first kappa shape index (κ1) is 15.3. The van der Waals surface area contributed by atoms with Crippen LogP contribution in [0.25, 0.3) is 0 Å². The van der Waals surface area contributed by atoms with E-state index in [0.29, 0.717) is 11.8 Å². The third kappa shape index (κ3) is 3.53. The molecule has 106 valence electrons. The largest absolute Gasteiger partial charge is 0.438 e. The number of hydrogen-bond donors (Lipinski definition) is 0. The number of ether oxygens (including phenoxy) is 1. The molecule has 1 aromatic carbocycles. The van der Waals surface area contributed by atoms with Gasteiger partial charge in [0.05, 0.1) is 5.88 Å². The Bertz CT molecular complexity index is 608. The molecule has 0 aliphatic rings. The van der Waals surface area contributed by atoms with Gasteiger partial charge >= 0.3 is 0 Å². The Morgan fingerprint density at radius 2 is 1.95 bits per heavy atom. The van der Waals surface area contributed by atoms with Crippen molar-refractivity contribution in [2.24, 2.45) is 0 Å². The lowest BCUT2D eigenvalue weighted by Gasteiger charge is -2.22. The van der Waals surface area contributed by atoms with Crippen LogP contribution < -0.4 is 4.74 Å². The highest BCUT2D eigenvalue weighted by atomic mass is 79.9. The molecule has 0 bridgehead atoms. The molecule has 0 saturated heterocycles. The van der Waals surface area contributed by atoms with Gasteiger partial charge in [-0.25, -0.2) is 4.98 Å². The SMILES string of the molecule is CC(C)(C)c1ccccc1Oc1ncc(Br)cc1CCl. The Kier molecular flexibility index (Phi) is 4.71. The van der Waals surface area contributed by atoms with Gasteiger partial charge < -0.3 is 4.74 Å². The predicted octanol–water partition coefficient (Wildman–Crippen LogP) is 5.67. The zero-order chi connectivity index (χ0) is 14.8. The molecule has 20 heavy (non-hydrogen) atoms. The van der Waals surface area contributed by atoms with Crippen molar-refractivity contribution < 1.29 is 4.74 Å². The van der Waals surface area contributed by atoms with Crippen LogP contribution in [-0.2, 0) is 11.3 Å². The van der Waals surface area contributed by atoms with E-state index in [4.69, 9.17) is 16.3 Å². The monoisotopic (exact) mass is 353 g/mol. The summed E-state index contributed by atoms with van der Waals surface area (Å²) < 4.78 is 6.89. The standard InChI is InChI=1S/C16H17BrClNO/c1-16(2,3)13-6-4-5-7-14(13)20-15-11(9-18)8-12(17)10-19-15/h4-8,10H,9H2,1-3H3. The first-order valence-electron chi connectivity index (χ1n) is 6.39. The van der Waals surface area contributed by atoms with Crippen molar-refractivity contribution in [1.29, 1.82) is 0 Å². The Hall–Kier alpha value is -1.06. The van der Waals surface area contributed by atoms with Crippen LogP contribution in [0.15, 0.2) is 41.0 Å². The van der Waals surface area contributed by atoms with Crippen LogP contribution >= 0.6 is 27.5 Å². The number of alkyl halides is 1. The number of nitrogens with zero attached hydrogens (tertiary/aromatic N) is 1. The van der Waals surface area contributed by atoms with Crippen molar-refractivity contribution in [1.82, 2.24) is 4.98 Å².